The lowest BCUT2D eigenvalue weighted by Gasteiger charge is -2.36. The largest absolute Gasteiger partial charge is 0.354 e. The van der Waals surface area contributed by atoms with Crippen molar-refractivity contribution in [1.82, 2.24) is 19.2 Å². The average molecular weight is 602 g/mol. The first-order chi connectivity index (χ1) is 20.9. The fourth-order valence-electron chi connectivity index (χ4n) is 6.40. The molecule has 0 spiro atoms. The second-order valence-electron chi connectivity index (χ2n) is 11.7. The topological polar surface area (TPSA) is 69.6 Å². The molecular formula is C34H40FN5O2S. The maximum Gasteiger partial charge on any atom is 0.243 e. The molecule has 0 N–H and O–H groups in total. The summed E-state index contributed by atoms with van der Waals surface area (Å²) in [6.45, 7) is 7.15. The minimum atomic E-state index is -3.62. The molecule has 0 unspecified atom stereocenters. The van der Waals surface area contributed by atoms with Gasteiger partial charge in [-0.15, -0.1) is 0 Å². The monoisotopic (exact) mass is 601 g/mol. The van der Waals surface area contributed by atoms with Crippen LogP contribution < -0.4 is 4.90 Å². The Morgan fingerprint density at radius 1 is 0.930 bits per heavy atom. The molecule has 0 saturated carbocycles. The zero-order valence-electron chi connectivity index (χ0n) is 24.8. The maximum absolute atomic E-state index is 13.8. The second-order valence-corrected chi connectivity index (χ2v) is 13.5. The minimum absolute atomic E-state index is 0.00476. The van der Waals surface area contributed by atoms with Crippen molar-refractivity contribution in [1.29, 1.82) is 0 Å². The molecule has 2 saturated heterocycles. The summed E-state index contributed by atoms with van der Waals surface area (Å²) < 4.78 is 42.9. The first-order valence-corrected chi connectivity index (χ1v) is 17.0. The van der Waals surface area contributed by atoms with E-state index in [4.69, 9.17) is 4.98 Å². The smallest absolute Gasteiger partial charge is 0.243 e. The normalized spacial score (nSPS) is 18.5. The van der Waals surface area contributed by atoms with Gasteiger partial charge in [-0.2, -0.15) is 4.31 Å². The molecule has 43 heavy (non-hydrogen) atoms. The van der Waals surface area contributed by atoms with Gasteiger partial charge in [-0.3, -0.25) is 9.88 Å². The van der Waals surface area contributed by atoms with Crippen LogP contribution in [-0.2, 0) is 16.4 Å². The number of hydrogen-bond donors (Lipinski definition) is 0. The molecule has 0 aliphatic carbocycles. The third-order valence-corrected chi connectivity index (χ3v) is 10.8. The fraction of sp³-hybridized carbons (Fsp3) is 0.412. The predicted molar refractivity (Wildman–Crippen MR) is 170 cm³/mol. The number of nitrogens with zero attached hydrogens (tertiary/aromatic N) is 5. The summed E-state index contributed by atoms with van der Waals surface area (Å²) in [5.74, 6) is 0.745. The van der Waals surface area contributed by atoms with Gasteiger partial charge in [-0.05, 0) is 98.3 Å². The molecule has 2 aromatic heterocycles. The number of halogens is 1. The number of unbranched alkanes of at least 4 members (excludes halogenated alkanes) is 1. The third kappa shape index (κ3) is 6.59. The van der Waals surface area contributed by atoms with E-state index in [1.807, 2.05) is 24.3 Å². The third-order valence-electron chi connectivity index (χ3n) is 8.82. The van der Waals surface area contributed by atoms with Gasteiger partial charge in [0.2, 0.25) is 10.0 Å². The highest BCUT2D eigenvalue weighted by Crippen LogP contribution is 2.32. The Labute approximate surface area is 254 Å². The van der Waals surface area contributed by atoms with E-state index in [2.05, 4.69) is 33.8 Å². The Kier molecular flexibility index (Phi) is 9.02. The number of aryl methyl sites for hydroxylation is 1. The first kappa shape index (κ1) is 29.7. The molecule has 6 rings (SSSR count). The SMILES string of the molecule is CCCCc1cc(-c2ccc(F)cc2)cc(N2CCN(CC[C@H]3CCCN3S(=O)(=O)c3cccc4ncccc34)CC2)n1. The van der Waals surface area contributed by atoms with Gasteiger partial charge in [-0.25, -0.2) is 17.8 Å². The molecular weight excluding hydrogens is 561 g/mol. The summed E-state index contributed by atoms with van der Waals surface area (Å²) in [5.41, 5.74) is 3.85. The lowest BCUT2D eigenvalue weighted by Crippen LogP contribution is -2.48. The van der Waals surface area contributed by atoms with Crippen molar-refractivity contribution >= 4 is 26.7 Å². The average Bonchev–Trinajstić information content (AvgIpc) is 3.53. The molecule has 2 aliphatic heterocycles. The van der Waals surface area contributed by atoms with Crippen molar-refractivity contribution in [2.24, 2.45) is 0 Å². The van der Waals surface area contributed by atoms with Crippen molar-refractivity contribution in [2.45, 2.75) is 56.4 Å². The summed E-state index contributed by atoms with van der Waals surface area (Å²) in [4.78, 5) is 14.5. The molecule has 0 bridgehead atoms. The number of piperazine rings is 1. The summed E-state index contributed by atoms with van der Waals surface area (Å²) in [5, 5.41) is 0.682. The van der Waals surface area contributed by atoms with Crippen molar-refractivity contribution in [3.63, 3.8) is 0 Å². The van der Waals surface area contributed by atoms with Crippen LogP contribution >= 0.6 is 0 Å². The number of hydrogen-bond acceptors (Lipinski definition) is 6. The number of benzene rings is 2. The zero-order valence-corrected chi connectivity index (χ0v) is 25.6. The highest BCUT2D eigenvalue weighted by atomic mass is 32.2. The van der Waals surface area contributed by atoms with E-state index in [1.54, 1.807) is 28.7 Å². The number of sulfonamides is 1. The predicted octanol–water partition coefficient (Wildman–Crippen LogP) is 6.14. The van der Waals surface area contributed by atoms with E-state index in [1.165, 1.54) is 12.1 Å². The first-order valence-electron chi connectivity index (χ1n) is 15.5. The quantitative estimate of drug-likeness (QED) is 0.217. The van der Waals surface area contributed by atoms with Gasteiger partial charge in [0.15, 0.2) is 0 Å². The lowest BCUT2D eigenvalue weighted by molar-refractivity contribution is 0.231. The lowest BCUT2D eigenvalue weighted by atomic mass is 10.0. The van der Waals surface area contributed by atoms with Crippen LogP contribution in [0.2, 0.25) is 0 Å². The van der Waals surface area contributed by atoms with E-state index in [0.29, 0.717) is 22.3 Å². The van der Waals surface area contributed by atoms with Crippen LogP contribution in [0.25, 0.3) is 22.0 Å². The van der Waals surface area contributed by atoms with Gasteiger partial charge in [0.05, 0.1) is 10.4 Å². The standard InChI is InChI=1S/C34H40FN5O2S/c1-2-3-7-29-24-27(26-12-14-28(35)15-13-26)25-34(37-29)39-22-20-38(21-23-39)19-16-30-8-6-18-40(30)43(41,42)33-11-4-10-32-31(33)9-5-17-36-32/h4-5,9-15,17,24-25,30H,2-3,6-8,16,18-23H2,1H3/t30-/m1/s1. The number of fused-ring (bicyclic) bond motifs is 1. The van der Waals surface area contributed by atoms with Gasteiger partial charge in [0.1, 0.15) is 11.6 Å². The summed E-state index contributed by atoms with van der Waals surface area (Å²) >= 11 is 0. The molecule has 4 heterocycles. The van der Waals surface area contributed by atoms with Gasteiger partial charge >= 0.3 is 0 Å². The van der Waals surface area contributed by atoms with E-state index < -0.39 is 10.0 Å². The van der Waals surface area contributed by atoms with Crippen molar-refractivity contribution < 1.29 is 12.8 Å². The molecule has 9 heteroatoms. The Morgan fingerprint density at radius 2 is 1.74 bits per heavy atom. The Bertz CT molecular complexity index is 1650. The Hall–Kier alpha value is -3.40. The highest BCUT2D eigenvalue weighted by Gasteiger charge is 2.36. The van der Waals surface area contributed by atoms with Crippen molar-refractivity contribution in [3.05, 3.63) is 84.4 Å². The van der Waals surface area contributed by atoms with Crippen LogP contribution in [0.5, 0.6) is 0 Å². The van der Waals surface area contributed by atoms with Crippen molar-refractivity contribution in [2.75, 3.05) is 44.2 Å². The van der Waals surface area contributed by atoms with E-state index >= 15 is 0 Å². The molecule has 226 valence electrons. The van der Waals surface area contributed by atoms with Crippen LogP contribution in [-0.4, -0.2) is 72.9 Å². The molecule has 2 aliphatic rings. The highest BCUT2D eigenvalue weighted by molar-refractivity contribution is 7.89. The van der Waals surface area contributed by atoms with E-state index in [0.717, 1.165) is 93.9 Å². The fourth-order valence-corrected chi connectivity index (χ4v) is 8.33. The van der Waals surface area contributed by atoms with Crippen molar-refractivity contribution in [3.8, 4) is 11.1 Å². The molecule has 1 atom stereocenters. The zero-order chi connectivity index (χ0) is 29.8. The number of aromatic nitrogens is 2. The van der Waals surface area contributed by atoms with Crippen LogP contribution in [0.1, 0.15) is 44.7 Å². The Morgan fingerprint density at radius 3 is 2.53 bits per heavy atom. The molecule has 4 aromatic rings. The van der Waals surface area contributed by atoms with Crippen LogP contribution in [0.3, 0.4) is 0 Å². The molecule has 7 nitrogen and oxygen atoms in total. The van der Waals surface area contributed by atoms with Gasteiger partial charge < -0.3 is 4.90 Å². The maximum atomic E-state index is 13.8. The van der Waals surface area contributed by atoms with E-state index in [9.17, 15) is 12.8 Å². The summed E-state index contributed by atoms with van der Waals surface area (Å²) in [6, 6.07) is 19.9. The summed E-state index contributed by atoms with van der Waals surface area (Å²) in [6.07, 6.45) is 7.41. The van der Waals surface area contributed by atoms with Crippen LogP contribution in [0.4, 0.5) is 10.2 Å². The number of rotatable bonds is 10. The number of pyridine rings is 2. The van der Waals surface area contributed by atoms with Crippen LogP contribution in [0, 0.1) is 5.82 Å². The van der Waals surface area contributed by atoms with Gasteiger partial charge in [-0.1, -0.05) is 31.5 Å². The molecule has 2 aromatic carbocycles. The Balaban J connectivity index is 1.10. The molecule has 0 amide bonds. The van der Waals surface area contributed by atoms with Crippen LogP contribution in [0.15, 0.2) is 77.8 Å². The van der Waals surface area contributed by atoms with Gasteiger partial charge in [0, 0.05) is 56.0 Å². The second kappa shape index (κ2) is 13.1. The molecule has 2 fully saturated rings. The minimum Gasteiger partial charge on any atom is -0.354 e. The summed E-state index contributed by atoms with van der Waals surface area (Å²) in [7, 11) is -3.62. The van der Waals surface area contributed by atoms with E-state index in [-0.39, 0.29) is 11.9 Å². The molecule has 0 radical (unpaired) electrons. The number of anilines is 1. The van der Waals surface area contributed by atoms with Gasteiger partial charge in [0.25, 0.3) is 0 Å².